The summed E-state index contributed by atoms with van der Waals surface area (Å²) in [4.78, 5) is 14.5. The van der Waals surface area contributed by atoms with Gasteiger partial charge in [0.15, 0.2) is 0 Å². The molecule has 2 aromatic rings. The number of hydrogen-bond acceptors (Lipinski definition) is 3. The van der Waals surface area contributed by atoms with Crippen molar-refractivity contribution in [1.82, 2.24) is 5.32 Å². The Morgan fingerprint density at radius 1 is 1.22 bits per heavy atom. The summed E-state index contributed by atoms with van der Waals surface area (Å²) >= 11 is 7.56. The molecule has 23 heavy (non-hydrogen) atoms. The van der Waals surface area contributed by atoms with E-state index in [-0.39, 0.29) is 11.8 Å². The third-order valence-corrected chi connectivity index (χ3v) is 5.33. The topological polar surface area (TPSA) is 41.1 Å². The molecule has 0 saturated carbocycles. The highest BCUT2D eigenvalue weighted by Gasteiger charge is 2.28. The third-order valence-electron chi connectivity index (χ3n) is 4.08. The minimum absolute atomic E-state index is 0.0313. The van der Waals surface area contributed by atoms with E-state index in [1.165, 1.54) is 0 Å². The highest BCUT2D eigenvalue weighted by Crippen LogP contribution is 2.30. The van der Waals surface area contributed by atoms with Gasteiger partial charge in [0.1, 0.15) is 0 Å². The molecule has 120 valence electrons. The van der Waals surface area contributed by atoms with Crippen molar-refractivity contribution in [3.05, 3.63) is 53.6 Å². The van der Waals surface area contributed by atoms with E-state index in [2.05, 4.69) is 10.6 Å². The van der Waals surface area contributed by atoms with Crippen molar-refractivity contribution in [3.8, 4) is 0 Å². The Morgan fingerprint density at radius 2 is 1.96 bits per heavy atom. The maximum atomic E-state index is 12.3. The number of carbonyl (C=O) groups excluding carboxylic acids is 1. The van der Waals surface area contributed by atoms with Gasteiger partial charge in [-0.1, -0.05) is 36.4 Å². The van der Waals surface area contributed by atoms with Crippen molar-refractivity contribution in [1.29, 1.82) is 0 Å². The molecule has 1 aliphatic rings. The van der Waals surface area contributed by atoms with E-state index in [9.17, 15) is 4.79 Å². The molecule has 1 saturated heterocycles. The summed E-state index contributed by atoms with van der Waals surface area (Å²) < 4.78 is 0. The molecule has 5 heteroatoms. The summed E-state index contributed by atoms with van der Waals surface area (Å²) in [5, 5.41) is 6.96. The van der Waals surface area contributed by atoms with Crippen molar-refractivity contribution < 1.29 is 4.79 Å². The van der Waals surface area contributed by atoms with Crippen molar-refractivity contribution in [3.63, 3.8) is 0 Å². The number of benzene rings is 2. The van der Waals surface area contributed by atoms with Crippen LogP contribution in [-0.4, -0.2) is 19.0 Å². The minimum atomic E-state index is 0.0313. The van der Waals surface area contributed by atoms with Crippen LogP contribution >= 0.6 is 23.4 Å². The fourth-order valence-electron chi connectivity index (χ4n) is 2.41. The van der Waals surface area contributed by atoms with Crippen LogP contribution in [0.25, 0.3) is 0 Å². The van der Waals surface area contributed by atoms with E-state index in [4.69, 9.17) is 11.6 Å². The summed E-state index contributed by atoms with van der Waals surface area (Å²) in [5.74, 6) is 0.565. The average molecular weight is 347 g/mol. The molecule has 1 aliphatic heterocycles. The smallest absolute Gasteiger partial charge is 0.227 e. The first-order valence-electron chi connectivity index (χ1n) is 7.67. The Bertz CT molecular complexity index is 686. The normalized spacial score (nSPS) is 15.7. The molecule has 2 aromatic carbocycles. The molecule has 0 radical (unpaired) electrons. The molecule has 1 unspecified atom stereocenters. The van der Waals surface area contributed by atoms with Gasteiger partial charge in [0.2, 0.25) is 5.91 Å². The Kier molecular flexibility index (Phi) is 5.26. The van der Waals surface area contributed by atoms with Gasteiger partial charge < -0.3 is 10.6 Å². The Labute approximate surface area is 145 Å². The van der Waals surface area contributed by atoms with E-state index in [0.717, 1.165) is 33.6 Å². The average Bonchev–Trinajstić information content (AvgIpc) is 2.48. The maximum absolute atomic E-state index is 12.3. The molecule has 0 aromatic heterocycles. The Morgan fingerprint density at radius 3 is 2.61 bits per heavy atom. The van der Waals surface area contributed by atoms with Crippen LogP contribution in [0.1, 0.15) is 6.92 Å². The first-order valence-corrected chi connectivity index (χ1v) is 8.86. The first kappa shape index (κ1) is 16.4. The number of hydrogen-bond donors (Lipinski definition) is 2. The molecular formula is C18H19ClN2OS. The second-order valence-corrected chi connectivity index (χ2v) is 7.36. The molecule has 0 spiro atoms. The largest absolute Gasteiger partial charge is 0.326 e. The van der Waals surface area contributed by atoms with E-state index < -0.39 is 0 Å². The van der Waals surface area contributed by atoms with Crippen LogP contribution in [0.15, 0.2) is 58.3 Å². The molecule has 3 rings (SSSR count). The van der Waals surface area contributed by atoms with Gasteiger partial charge in [-0.05, 0) is 61.5 Å². The number of anilines is 1. The summed E-state index contributed by atoms with van der Waals surface area (Å²) in [7, 11) is 0. The lowest BCUT2D eigenvalue weighted by atomic mass is 9.88. The number of carbonyl (C=O) groups is 1. The highest BCUT2D eigenvalue weighted by atomic mass is 35.5. The third kappa shape index (κ3) is 4.28. The monoisotopic (exact) mass is 346 g/mol. The van der Waals surface area contributed by atoms with Crippen molar-refractivity contribution in [2.24, 2.45) is 11.8 Å². The van der Waals surface area contributed by atoms with Gasteiger partial charge >= 0.3 is 0 Å². The second kappa shape index (κ2) is 7.39. The molecule has 1 fully saturated rings. The van der Waals surface area contributed by atoms with Crippen LogP contribution in [0.3, 0.4) is 0 Å². The van der Waals surface area contributed by atoms with Crippen LogP contribution in [0.2, 0.25) is 5.02 Å². The summed E-state index contributed by atoms with van der Waals surface area (Å²) in [6.45, 7) is 3.86. The zero-order valence-corrected chi connectivity index (χ0v) is 14.5. The van der Waals surface area contributed by atoms with Gasteiger partial charge in [0.05, 0.1) is 0 Å². The van der Waals surface area contributed by atoms with Gasteiger partial charge in [0, 0.05) is 26.4 Å². The number of amides is 1. The number of halogens is 1. The fourth-order valence-corrected chi connectivity index (χ4v) is 3.41. The molecule has 0 aliphatic carbocycles. The van der Waals surface area contributed by atoms with Crippen LogP contribution in [0.4, 0.5) is 5.69 Å². The fraction of sp³-hybridized carbons (Fsp3) is 0.278. The van der Waals surface area contributed by atoms with Crippen LogP contribution < -0.4 is 10.6 Å². The number of rotatable bonds is 5. The van der Waals surface area contributed by atoms with Gasteiger partial charge in [-0.2, -0.15) is 0 Å². The maximum Gasteiger partial charge on any atom is 0.227 e. The first-order chi connectivity index (χ1) is 11.1. The predicted molar refractivity (Wildman–Crippen MR) is 96.2 cm³/mol. The quantitative estimate of drug-likeness (QED) is 0.848. The zero-order valence-electron chi connectivity index (χ0n) is 12.9. The molecule has 1 atom stereocenters. The van der Waals surface area contributed by atoms with Gasteiger partial charge in [-0.15, -0.1) is 0 Å². The van der Waals surface area contributed by atoms with E-state index in [1.807, 2.05) is 55.5 Å². The summed E-state index contributed by atoms with van der Waals surface area (Å²) in [6.07, 6.45) is 0. The lowest BCUT2D eigenvalue weighted by Crippen LogP contribution is -2.48. The van der Waals surface area contributed by atoms with Gasteiger partial charge in [-0.25, -0.2) is 0 Å². The minimum Gasteiger partial charge on any atom is -0.326 e. The summed E-state index contributed by atoms with van der Waals surface area (Å²) in [5.41, 5.74) is 0.841. The van der Waals surface area contributed by atoms with Crippen LogP contribution in [-0.2, 0) is 4.79 Å². The van der Waals surface area contributed by atoms with Crippen LogP contribution in [0.5, 0.6) is 0 Å². The van der Waals surface area contributed by atoms with Crippen LogP contribution in [0, 0.1) is 11.8 Å². The highest BCUT2D eigenvalue weighted by molar-refractivity contribution is 7.99. The van der Waals surface area contributed by atoms with E-state index in [0.29, 0.717) is 5.92 Å². The predicted octanol–water partition coefficient (Wildman–Crippen LogP) is 4.29. The molecule has 1 heterocycles. The molecule has 1 amide bonds. The Hall–Kier alpha value is -1.49. The van der Waals surface area contributed by atoms with Gasteiger partial charge in [0.25, 0.3) is 0 Å². The molecule has 2 N–H and O–H groups in total. The number of nitrogens with one attached hydrogen (secondary N) is 2. The molecule has 0 bridgehead atoms. The second-order valence-electron chi connectivity index (χ2n) is 5.78. The lowest BCUT2D eigenvalue weighted by Gasteiger charge is -2.31. The lowest BCUT2D eigenvalue weighted by molar-refractivity contribution is -0.121. The van der Waals surface area contributed by atoms with Crippen molar-refractivity contribution in [2.45, 2.75) is 16.7 Å². The molecule has 3 nitrogen and oxygen atoms in total. The zero-order chi connectivity index (χ0) is 16.2. The van der Waals surface area contributed by atoms with Crippen molar-refractivity contribution >= 4 is 35.0 Å². The van der Waals surface area contributed by atoms with E-state index >= 15 is 0 Å². The van der Waals surface area contributed by atoms with Gasteiger partial charge in [-0.3, -0.25) is 4.79 Å². The summed E-state index contributed by atoms with van der Waals surface area (Å²) in [6, 6.07) is 15.7. The van der Waals surface area contributed by atoms with E-state index in [1.54, 1.807) is 11.8 Å². The Balaban J connectivity index is 1.64. The molecular weight excluding hydrogens is 328 g/mol. The van der Waals surface area contributed by atoms with Crippen molar-refractivity contribution in [2.75, 3.05) is 18.4 Å². The standard InChI is InChI=1S/C18H19ClN2OS/c1-12(13-10-20-11-13)18(22)21-15-3-2-4-17(9-15)23-16-7-5-14(19)6-8-16/h2-9,12-13,20H,10-11H2,1H3,(H,21,22). The SMILES string of the molecule is CC(C(=O)Nc1cccc(Sc2ccc(Cl)cc2)c1)C1CNC1.